The molecule has 21 heavy (non-hydrogen) atoms. The van der Waals surface area contributed by atoms with Crippen molar-refractivity contribution in [3.8, 4) is 0 Å². The molecule has 0 aliphatic heterocycles. The summed E-state index contributed by atoms with van der Waals surface area (Å²) in [6, 6.07) is 8.87. The third-order valence-corrected chi connectivity index (χ3v) is 7.93. The number of allylic oxidation sites excluding steroid dienone is 6. The van der Waals surface area contributed by atoms with Crippen LogP contribution in [-0.4, -0.2) is 0 Å². The van der Waals surface area contributed by atoms with Gasteiger partial charge in [-0.25, -0.2) is 0 Å². The van der Waals surface area contributed by atoms with E-state index in [1.165, 1.54) is 18.4 Å². The first kappa shape index (κ1) is 18.7. The van der Waals surface area contributed by atoms with Crippen LogP contribution in [0, 0.1) is 0 Å². The van der Waals surface area contributed by atoms with Crippen LogP contribution in [0.4, 0.5) is 0 Å². The van der Waals surface area contributed by atoms with Gasteiger partial charge in [-0.15, -0.1) is 0 Å². The Morgan fingerprint density at radius 2 is 2.00 bits per heavy atom. The Labute approximate surface area is 151 Å². The van der Waals surface area contributed by atoms with Crippen molar-refractivity contribution >= 4 is 6.08 Å². The molecular weight excluding hydrogens is 378 g/mol. The van der Waals surface area contributed by atoms with E-state index in [0.717, 1.165) is 10.0 Å². The fraction of sp³-hybridized carbons (Fsp3) is 0.222. The molecule has 3 rings (SSSR count). The molecule has 1 aromatic carbocycles. The molecule has 1 unspecified atom stereocenters. The molecular formula is C18H18Cl2Zr. The van der Waals surface area contributed by atoms with Crippen molar-refractivity contribution in [3.05, 3.63) is 75.1 Å². The summed E-state index contributed by atoms with van der Waals surface area (Å²) in [5.74, 6) is 0. The SMILES string of the molecule is C=CCCC1=[C]([Zr+2][CH]2C=Cc3ccccc32)CC=C1.[Cl-].[Cl-]. The molecule has 0 amide bonds. The molecule has 0 N–H and O–H groups in total. The summed E-state index contributed by atoms with van der Waals surface area (Å²) in [7, 11) is 0. The summed E-state index contributed by atoms with van der Waals surface area (Å²) in [5.41, 5.74) is 4.62. The summed E-state index contributed by atoms with van der Waals surface area (Å²) in [6.07, 6.45) is 15.0. The van der Waals surface area contributed by atoms with Crippen molar-refractivity contribution in [1.82, 2.24) is 0 Å². The zero-order valence-corrected chi connectivity index (χ0v) is 15.8. The molecule has 2 aliphatic carbocycles. The number of rotatable bonds is 5. The summed E-state index contributed by atoms with van der Waals surface area (Å²) < 4.78 is 2.53. The van der Waals surface area contributed by atoms with E-state index >= 15 is 0 Å². The minimum atomic E-state index is -0.537. The zero-order valence-electron chi connectivity index (χ0n) is 11.9. The van der Waals surface area contributed by atoms with E-state index < -0.39 is 23.2 Å². The average Bonchev–Trinajstić information content (AvgIpc) is 3.05. The Balaban J connectivity index is 0.00000110. The molecule has 0 radical (unpaired) electrons. The van der Waals surface area contributed by atoms with Gasteiger partial charge >= 0.3 is 127 Å². The van der Waals surface area contributed by atoms with Crippen LogP contribution in [0.25, 0.3) is 6.08 Å². The van der Waals surface area contributed by atoms with Gasteiger partial charge in [-0.05, 0) is 0 Å². The number of hydrogen-bond acceptors (Lipinski definition) is 0. The molecule has 0 bridgehead atoms. The summed E-state index contributed by atoms with van der Waals surface area (Å²) >= 11 is -0.537. The smallest absolute Gasteiger partial charge is 1.00 e. The largest absolute Gasteiger partial charge is 1.00 e. The van der Waals surface area contributed by atoms with Crippen molar-refractivity contribution in [1.29, 1.82) is 0 Å². The number of benzene rings is 1. The van der Waals surface area contributed by atoms with Crippen LogP contribution in [0.3, 0.4) is 0 Å². The molecule has 2 aliphatic rings. The van der Waals surface area contributed by atoms with Gasteiger partial charge in [-0.2, -0.15) is 0 Å². The van der Waals surface area contributed by atoms with E-state index in [1.807, 2.05) is 6.08 Å². The second kappa shape index (κ2) is 8.93. The van der Waals surface area contributed by atoms with Crippen LogP contribution < -0.4 is 24.8 Å². The normalized spacial score (nSPS) is 17.8. The Morgan fingerprint density at radius 1 is 1.19 bits per heavy atom. The van der Waals surface area contributed by atoms with Gasteiger partial charge in [-0.1, -0.05) is 0 Å². The van der Waals surface area contributed by atoms with E-state index in [4.69, 9.17) is 0 Å². The van der Waals surface area contributed by atoms with Gasteiger partial charge in [-0.3, -0.25) is 0 Å². The molecule has 0 aromatic heterocycles. The monoisotopic (exact) mass is 394 g/mol. The summed E-state index contributed by atoms with van der Waals surface area (Å²) in [6.45, 7) is 3.84. The van der Waals surface area contributed by atoms with Gasteiger partial charge in [0.2, 0.25) is 0 Å². The number of hydrogen-bond donors (Lipinski definition) is 0. The van der Waals surface area contributed by atoms with Crippen molar-refractivity contribution < 1.29 is 48.0 Å². The predicted molar refractivity (Wildman–Crippen MR) is 78.4 cm³/mol. The molecule has 3 heteroatoms. The Morgan fingerprint density at radius 3 is 2.81 bits per heavy atom. The molecule has 1 atom stereocenters. The fourth-order valence-corrected chi connectivity index (χ4v) is 6.73. The van der Waals surface area contributed by atoms with E-state index in [2.05, 4.69) is 55.1 Å². The molecule has 108 valence electrons. The average molecular weight is 396 g/mol. The Hall–Kier alpha value is -0.357. The molecule has 0 saturated heterocycles. The van der Waals surface area contributed by atoms with Crippen molar-refractivity contribution in [3.63, 3.8) is 0 Å². The van der Waals surface area contributed by atoms with Crippen LogP contribution in [0.1, 0.15) is 34.0 Å². The number of halogens is 2. The van der Waals surface area contributed by atoms with Crippen LogP contribution in [0.15, 0.2) is 64.0 Å². The summed E-state index contributed by atoms with van der Waals surface area (Å²) in [5, 5.41) is 0. The van der Waals surface area contributed by atoms with Gasteiger partial charge in [0.15, 0.2) is 0 Å². The summed E-state index contributed by atoms with van der Waals surface area (Å²) in [4.78, 5) is 0. The van der Waals surface area contributed by atoms with Crippen molar-refractivity contribution in [2.24, 2.45) is 0 Å². The van der Waals surface area contributed by atoms with E-state index in [1.54, 1.807) is 14.4 Å². The van der Waals surface area contributed by atoms with E-state index in [0.29, 0.717) is 0 Å². The Kier molecular flexibility index (Phi) is 7.95. The number of fused-ring (bicyclic) bond motifs is 1. The third-order valence-electron chi connectivity index (χ3n) is 3.78. The molecule has 0 spiro atoms. The van der Waals surface area contributed by atoms with Gasteiger partial charge < -0.3 is 24.8 Å². The molecule has 0 saturated carbocycles. The van der Waals surface area contributed by atoms with Gasteiger partial charge in [0.25, 0.3) is 0 Å². The second-order valence-electron chi connectivity index (χ2n) is 5.05. The molecule has 0 fully saturated rings. The predicted octanol–water partition coefficient (Wildman–Crippen LogP) is -0.975. The first-order valence-corrected chi connectivity index (χ1v) is 9.56. The molecule has 0 nitrogen and oxygen atoms in total. The first-order valence-electron chi connectivity index (χ1n) is 6.91. The van der Waals surface area contributed by atoms with Crippen LogP contribution >= 0.6 is 0 Å². The van der Waals surface area contributed by atoms with Gasteiger partial charge in [0.1, 0.15) is 0 Å². The fourth-order valence-electron chi connectivity index (χ4n) is 2.76. The Bertz CT molecular complexity index is 585. The van der Waals surface area contributed by atoms with E-state index in [-0.39, 0.29) is 24.8 Å². The second-order valence-corrected chi connectivity index (χ2v) is 8.77. The molecule has 0 heterocycles. The van der Waals surface area contributed by atoms with Gasteiger partial charge in [0, 0.05) is 0 Å². The topological polar surface area (TPSA) is 0 Å². The quantitative estimate of drug-likeness (QED) is 0.562. The maximum absolute atomic E-state index is 3.84. The van der Waals surface area contributed by atoms with Crippen molar-refractivity contribution in [2.45, 2.75) is 22.9 Å². The first-order chi connectivity index (χ1) is 9.38. The minimum Gasteiger partial charge on any atom is -1.00 e. The van der Waals surface area contributed by atoms with Crippen LogP contribution in [0.5, 0.6) is 0 Å². The standard InChI is InChI=1S/C9H7.C9H11.2ClH.Zr/c1-2-5-9-7-3-6-8(9)4-1;1-2-3-6-9-7-4-5-8-9;;;/h1-7H;2,4,7H,1,3,5-6H2;2*1H;/q;;;;+2/p-2. The third kappa shape index (κ3) is 4.32. The minimum absolute atomic E-state index is 0. The maximum atomic E-state index is 3.84. The zero-order chi connectivity index (χ0) is 13.1. The van der Waals surface area contributed by atoms with Crippen LogP contribution in [0.2, 0.25) is 0 Å². The van der Waals surface area contributed by atoms with Gasteiger partial charge in [0.05, 0.1) is 0 Å². The van der Waals surface area contributed by atoms with E-state index in [9.17, 15) is 0 Å². The molecule has 1 aromatic rings. The van der Waals surface area contributed by atoms with Crippen molar-refractivity contribution in [2.75, 3.05) is 0 Å². The maximum Gasteiger partial charge on any atom is -1.00 e. The van der Waals surface area contributed by atoms with Crippen LogP contribution in [-0.2, 0) is 23.2 Å².